The number of piperazine rings is 1. The van der Waals surface area contributed by atoms with E-state index in [1.165, 1.54) is 11.3 Å². The van der Waals surface area contributed by atoms with Gasteiger partial charge in [0.05, 0.1) is 23.7 Å². The van der Waals surface area contributed by atoms with Gasteiger partial charge in [0.15, 0.2) is 0 Å². The third-order valence-electron chi connectivity index (χ3n) is 4.91. The molecule has 1 aliphatic rings. The second-order valence-electron chi connectivity index (χ2n) is 6.50. The molecule has 0 aliphatic carbocycles. The first-order valence-corrected chi connectivity index (χ1v) is 9.49. The molecule has 3 heterocycles. The fourth-order valence-corrected chi connectivity index (χ4v) is 4.70. The maximum absolute atomic E-state index is 13.3. The lowest BCUT2D eigenvalue weighted by atomic mass is 10.0. The Labute approximate surface area is 156 Å². The number of amides is 1. The maximum Gasteiger partial charge on any atom is 0.264 e. The number of nitrogens with one attached hydrogen (secondary N) is 1. The number of methoxy groups -OCH3 is 1. The quantitative estimate of drug-likeness (QED) is 0.770. The van der Waals surface area contributed by atoms with Crippen molar-refractivity contribution in [2.24, 2.45) is 7.05 Å². The number of nitrogens with zero attached hydrogens (tertiary/aromatic N) is 3. The van der Waals surface area contributed by atoms with E-state index in [4.69, 9.17) is 4.74 Å². The van der Waals surface area contributed by atoms with Crippen molar-refractivity contribution in [2.45, 2.75) is 13.0 Å². The summed E-state index contributed by atoms with van der Waals surface area (Å²) >= 11 is 1.51. The van der Waals surface area contributed by atoms with Crippen LogP contribution >= 0.6 is 11.3 Å². The summed E-state index contributed by atoms with van der Waals surface area (Å²) in [6, 6.07) is 9.86. The second-order valence-corrected chi connectivity index (χ2v) is 7.53. The Balaban J connectivity index is 1.71. The van der Waals surface area contributed by atoms with Gasteiger partial charge in [-0.2, -0.15) is 5.10 Å². The van der Waals surface area contributed by atoms with E-state index < -0.39 is 0 Å². The lowest BCUT2D eigenvalue weighted by Crippen LogP contribution is -2.48. The minimum absolute atomic E-state index is 0.0446. The van der Waals surface area contributed by atoms with Crippen molar-refractivity contribution in [1.29, 1.82) is 0 Å². The van der Waals surface area contributed by atoms with Gasteiger partial charge in [-0.05, 0) is 19.1 Å². The molecule has 7 heteroatoms. The zero-order chi connectivity index (χ0) is 18.3. The van der Waals surface area contributed by atoms with Gasteiger partial charge in [-0.1, -0.05) is 18.2 Å². The molecule has 1 N–H and O–H groups in total. The molecular formula is C19H22N4O2S. The summed E-state index contributed by atoms with van der Waals surface area (Å²) in [5, 5.41) is 8.88. The molecule has 26 heavy (non-hydrogen) atoms. The average Bonchev–Trinajstić information content (AvgIpc) is 3.23. The first-order chi connectivity index (χ1) is 12.6. The minimum atomic E-state index is -0.0446. The van der Waals surface area contributed by atoms with E-state index in [2.05, 4.69) is 10.4 Å². The summed E-state index contributed by atoms with van der Waals surface area (Å²) in [6.07, 6.45) is 0. The normalized spacial score (nSPS) is 17.7. The summed E-state index contributed by atoms with van der Waals surface area (Å²) in [7, 11) is 3.59. The number of aromatic nitrogens is 2. The third-order valence-corrected chi connectivity index (χ3v) is 6.10. The van der Waals surface area contributed by atoms with Crippen LogP contribution in [0.25, 0.3) is 10.2 Å². The van der Waals surface area contributed by atoms with Crippen LogP contribution in [0, 0.1) is 6.92 Å². The van der Waals surface area contributed by atoms with Gasteiger partial charge in [0.2, 0.25) is 0 Å². The minimum Gasteiger partial charge on any atom is -0.496 e. The number of ether oxygens (including phenoxy) is 1. The highest BCUT2D eigenvalue weighted by atomic mass is 32.1. The van der Waals surface area contributed by atoms with Crippen molar-refractivity contribution < 1.29 is 9.53 Å². The molecular weight excluding hydrogens is 348 g/mol. The summed E-state index contributed by atoms with van der Waals surface area (Å²) in [5.74, 6) is 0.887. The largest absolute Gasteiger partial charge is 0.496 e. The molecule has 1 fully saturated rings. The van der Waals surface area contributed by atoms with Gasteiger partial charge in [-0.25, -0.2) is 0 Å². The highest BCUT2D eigenvalue weighted by molar-refractivity contribution is 7.20. The molecule has 1 unspecified atom stereocenters. The number of thiophene rings is 1. The Morgan fingerprint density at radius 2 is 2.19 bits per heavy atom. The number of hydrogen-bond donors (Lipinski definition) is 1. The van der Waals surface area contributed by atoms with Crippen molar-refractivity contribution in [3.63, 3.8) is 0 Å². The van der Waals surface area contributed by atoms with Crippen LogP contribution in [0.5, 0.6) is 5.75 Å². The number of rotatable bonds is 3. The van der Waals surface area contributed by atoms with E-state index in [9.17, 15) is 4.79 Å². The zero-order valence-electron chi connectivity index (χ0n) is 15.2. The molecule has 2 aromatic heterocycles. The van der Waals surface area contributed by atoms with Gasteiger partial charge in [-0.3, -0.25) is 9.48 Å². The molecule has 136 valence electrons. The highest BCUT2D eigenvalue weighted by Crippen LogP contribution is 2.34. The molecule has 0 spiro atoms. The van der Waals surface area contributed by atoms with Gasteiger partial charge < -0.3 is 15.0 Å². The molecule has 4 rings (SSSR count). The van der Waals surface area contributed by atoms with Crippen molar-refractivity contribution in [2.75, 3.05) is 26.7 Å². The van der Waals surface area contributed by atoms with Crippen LogP contribution < -0.4 is 10.1 Å². The van der Waals surface area contributed by atoms with E-state index in [1.807, 2.05) is 53.9 Å². The van der Waals surface area contributed by atoms with Gasteiger partial charge in [0.1, 0.15) is 10.6 Å². The Bertz CT molecular complexity index is 927. The maximum atomic E-state index is 13.3. The molecule has 1 atom stereocenters. The molecule has 1 aliphatic heterocycles. The smallest absolute Gasteiger partial charge is 0.264 e. The summed E-state index contributed by atoms with van der Waals surface area (Å²) in [6.45, 7) is 4.17. The molecule has 0 saturated carbocycles. The van der Waals surface area contributed by atoms with Crippen LogP contribution in [0.1, 0.15) is 27.0 Å². The van der Waals surface area contributed by atoms with Crippen LogP contribution in [0.15, 0.2) is 30.3 Å². The first kappa shape index (κ1) is 17.1. The van der Waals surface area contributed by atoms with Crippen molar-refractivity contribution in [3.8, 4) is 5.75 Å². The van der Waals surface area contributed by atoms with Gasteiger partial charge in [-0.15, -0.1) is 11.3 Å². The van der Waals surface area contributed by atoms with Crippen LogP contribution in [0.4, 0.5) is 0 Å². The number of para-hydroxylation sites is 1. The number of carbonyl (C=O) groups is 1. The molecule has 0 bridgehead atoms. The zero-order valence-corrected chi connectivity index (χ0v) is 16.0. The highest BCUT2D eigenvalue weighted by Gasteiger charge is 2.31. The Morgan fingerprint density at radius 3 is 2.96 bits per heavy atom. The van der Waals surface area contributed by atoms with Crippen LogP contribution in [-0.2, 0) is 7.05 Å². The number of carbonyl (C=O) groups excluding carboxylic acids is 1. The second kappa shape index (κ2) is 6.74. The molecule has 1 aromatic carbocycles. The van der Waals surface area contributed by atoms with E-state index in [0.29, 0.717) is 6.54 Å². The van der Waals surface area contributed by atoms with Crippen molar-refractivity contribution >= 4 is 27.5 Å². The monoisotopic (exact) mass is 370 g/mol. The summed E-state index contributed by atoms with van der Waals surface area (Å²) in [5.41, 5.74) is 1.99. The predicted molar refractivity (Wildman–Crippen MR) is 103 cm³/mol. The van der Waals surface area contributed by atoms with E-state index in [1.54, 1.807) is 7.11 Å². The number of aryl methyl sites for hydroxylation is 2. The molecule has 1 amide bonds. The SMILES string of the molecule is COc1ccccc1C1CNCCN1C(=O)c1cc2c(C)nn(C)c2s1. The Morgan fingerprint density at radius 1 is 1.38 bits per heavy atom. The van der Waals surface area contributed by atoms with E-state index >= 15 is 0 Å². The van der Waals surface area contributed by atoms with E-state index in [-0.39, 0.29) is 11.9 Å². The molecule has 3 aromatic rings. The fraction of sp³-hybridized carbons (Fsp3) is 0.368. The number of benzene rings is 1. The summed E-state index contributed by atoms with van der Waals surface area (Å²) in [4.78, 5) is 17.1. The molecule has 1 saturated heterocycles. The Hall–Kier alpha value is -2.38. The van der Waals surface area contributed by atoms with Crippen LogP contribution in [0.3, 0.4) is 0 Å². The Kier molecular flexibility index (Phi) is 4.42. The number of fused-ring (bicyclic) bond motifs is 1. The average molecular weight is 370 g/mol. The van der Waals surface area contributed by atoms with Gasteiger partial charge >= 0.3 is 0 Å². The van der Waals surface area contributed by atoms with Crippen molar-refractivity contribution in [3.05, 3.63) is 46.5 Å². The predicted octanol–water partition coefficient (Wildman–Crippen LogP) is 2.74. The lowest BCUT2D eigenvalue weighted by molar-refractivity contribution is 0.0637. The topological polar surface area (TPSA) is 59.4 Å². The third kappa shape index (κ3) is 2.77. The fourth-order valence-electron chi connectivity index (χ4n) is 3.62. The van der Waals surface area contributed by atoms with Gasteiger partial charge in [0, 0.05) is 37.6 Å². The summed E-state index contributed by atoms with van der Waals surface area (Å²) < 4.78 is 7.37. The van der Waals surface area contributed by atoms with Crippen LogP contribution in [-0.4, -0.2) is 47.3 Å². The van der Waals surface area contributed by atoms with E-state index in [0.717, 1.165) is 45.2 Å². The molecule has 0 radical (unpaired) electrons. The molecule has 6 nitrogen and oxygen atoms in total. The van der Waals surface area contributed by atoms with Gasteiger partial charge in [0.25, 0.3) is 5.91 Å². The van der Waals surface area contributed by atoms with Crippen LogP contribution in [0.2, 0.25) is 0 Å². The standard InChI is InChI=1S/C19H22N4O2S/c1-12-14-10-17(26-19(14)22(2)21-12)18(24)23-9-8-20-11-15(23)13-6-4-5-7-16(13)25-3/h4-7,10,15,20H,8-9,11H2,1-3H3. The number of hydrogen-bond acceptors (Lipinski definition) is 5. The lowest BCUT2D eigenvalue weighted by Gasteiger charge is -2.36. The first-order valence-electron chi connectivity index (χ1n) is 8.68. The van der Waals surface area contributed by atoms with Crippen molar-refractivity contribution in [1.82, 2.24) is 20.0 Å².